The molecule has 2 atom stereocenters. The lowest BCUT2D eigenvalue weighted by atomic mass is 9.79. The van der Waals surface area contributed by atoms with Crippen molar-refractivity contribution in [2.75, 3.05) is 13.1 Å². The highest BCUT2D eigenvalue weighted by molar-refractivity contribution is 5.93. The first-order chi connectivity index (χ1) is 21.2. The molecule has 2 N–H and O–H groups in total. The maximum atomic E-state index is 13.5. The molecule has 7 rings (SSSR count). The maximum absolute atomic E-state index is 13.5. The van der Waals surface area contributed by atoms with E-state index in [4.69, 9.17) is 0 Å². The number of pyridine rings is 1. The summed E-state index contributed by atoms with van der Waals surface area (Å²) in [7, 11) is 0. The number of fused-ring (bicyclic) bond motifs is 1. The van der Waals surface area contributed by atoms with Crippen LogP contribution < -0.4 is 0 Å². The number of aromatic amines is 1. The molecule has 1 aliphatic carbocycles. The van der Waals surface area contributed by atoms with Gasteiger partial charge in [0.1, 0.15) is 17.1 Å². The Morgan fingerprint density at radius 2 is 1.66 bits per heavy atom. The zero-order valence-electron chi connectivity index (χ0n) is 23.9. The van der Waals surface area contributed by atoms with Crippen molar-refractivity contribution in [1.29, 1.82) is 0 Å². The summed E-state index contributed by atoms with van der Waals surface area (Å²) < 4.78 is 39.5. The summed E-state index contributed by atoms with van der Waals surface area (Å²) in [5.41, 5.74) is 0.270. The van der Waals surface area contributed by atoms with Gasteiger partial charge in [-0.15, -0.1) is 0 Å². The number of benzene rings is 1. The van der Waals surface area contributed by atoms with E-state index in [9.17, 15) is 23.1 Å². The lowest BCUT2D eigenvalue weighted by Crippen LogP contribution is -2.46. The lowest BCUT2D eigenvalue weighted by Gasteiger charge is -2.41. The molecule has 1 aromatic carbocycles. The molecule has 2 aliphatic heterocycles. The van der Waals surface area contributed by atoms with Gasteiger partial charge in [0.25, 0.3) is 5.91 Å². The zero-order valence-corrected chi connectivity index (χ0v) is 23.9. The van der Waals surface area contributed by atoms with E-state index in [-0.39, 0.29) is 35.1 Å². The van der Waals surface area contributed by atoms with Gasteiger partial charge in [-0.1, -0.05) is 12.1 Å². The number of rotatable bonds is 5. The quantitative estimate of drug-likeness (QED) is 0.328. The predicted molar refractivity (Wildman–Crippen MR) is 155 cm³/mol. The second-order valence-corrected chi connectivity index (χ2v) is 11.9. The Balaban J connectivity index is 0.981. The van der Waals surface area contributed by atoms with Gasteiger partial charge < -0.3 is 15.0 Å². The molecular formula is C32H32F3N7O2. The van der Waals surface area contributed by atoms with E-state index in [0.29, 0.717) is 36.9 Å². The molecule has 5 heterocycles. The molecule has 3 fully saturated rings. The summed E-state index contributed by atoms with van der Waals surface area (Å²) in [6, 6.07) is 11.1. The van der Waals surface area contributed by atoms with E-state index in [1.165, 1.54) is 12.3 Å². The van der Waals surface area contributed by atoms with Crippen molar-refractivity contribution in [3.63, 3.8) is 0 Å². The number of likely N-dealkylation sites (tertiary alicyclic amines) is 2. The summed E-state index contributed by atoms with van der Waals surface area (Å²) >= 11 is 0. The molecular weight excluding hydrogens is 571 g/mol. The molecule has 0 spiro atoms. The Bertz CT molecular complexity index is 1640. The molecule has 4 aromatic rings. The predicted octanol–water partition coefficient (Wildman–Crippen LogP) is 5.07. The van der Waals surface area contributed by atoms with Gasteiger partial charge in [0.05, 0.1) is 17.5 Å². The summed E-state index contributed by atoms with van der Waals surface area (Å²) in [4.78, 5) is 38.2. The maximum Gasteiger partial charge on any atom is 0.416 e. The van der Waals surface area contributed by atoms with E-state index < -0.39 is 17.3 Å². The zero-order chi connectivity index (χ0) is 30.5. The van der Waals surface area contributed by atoms with Gasteiger partial charge in [-0.05, 0) is 68.9 Å². The van der Waals surface area contributed by atoms with E-state index in [0.717, 1.165) is 49.9 Å². The van der Waals surface area contributed by atoms with Gasteiger partial charge in [0, 0.05) is 60.9 Å². The van der Waals surface area contributed by atoms with Crippen LogP contribution in [0.5, 0.6) is 0 Å². The van der Waals surface area contributed by atoms with Crippen molar-refractivity contribution in [2.24, 2.45) is 0 Å². The fourth-order valence-corrected chi connectivity index (χ4v) is 7.22. The molecule has 2 saturated heterocycles. The van der Waals surface area contributed by atoms with Gasteiger partial charge in [-0.3, -0.25) is 14.7 Å². The van der Waals surface area contributed by atoms with Crippen LogP contribution in [0.3, 0.4) is 0 Å². The van der Waals surface area contributed by atoms with Crippen LogP contribution in [0.15, 0.2) is 67.3 Å². The number of carbonyl (C=O) groups is 1. The summed E-state index contributed by atoms with van der Waals surface area (Å²) in [6.45, 7) is 1.49. The normalized spacial score (nSPS) is 25.7. The Hall–Kier alpha value is -4.16. The van der Waals surface area contributed by atoms with Gasteiger partial charge >= 0.3 is 6.18 Å². The number of carbonyl (C=O) groups excluding carboxylic acids is 1. The number of hydrogen-bond acceptors (Lipinski definition) is 7. The van der Waals surface area contributed by atoms with Crippen LogP contribution in [-0.2, 0) is 11.8 Å². The number of nitrogens with one attached hydrogen (secondary N) is 1. The Morgan fingerprint density at radius 3 is 2.39 bits per heavy atom. The molecule has 1 amide bonds. The molecule has 1 saturated carbocycles. The fourth-order valence-electron chi connectivity index (χ4n) is 7.22. The first-order valence-electron chi connectivity index (χ1n) is 15.0. The molecule has 228 valence electrons. The smallest absolute Gasteiger partial charge is 0.384 e. The molecule has 12 heteroatoms. The van der Waals surface area contributed by atoms with Crippen LogP contribution in [0.4, 0.5) is 13.2 Å². The van der Waals surface area contributed by atoms with Crippen LogP contribution in [0, 0.1) is 0 Å². The van der Waals surface area contributed by atoms with Crippen molar-refractivity contribution in [3.05, 3.63) is 84.2 Å². The molecule has 3 aromatic heterocycles. The monoisotopic (exact) mass is 603 g/mol. The first-order valence-corrected chi connectivity index (χ1v) is 15.0. The van der Waals surface area contributed by atoms with Crippen molar-refractivity contribution < 1.29 is 23.1 Å². The molecule has 0 unspecified atom stereocenters. The highest BCUT2D eigenvalue weighted by Gasteiger charge is 2.48. The largest absolute Gasteiger partial charge is 0.416 e. The molecule has 9 nitrogen and oxygen atoms in total. The van der Waals surface area contributed by atoms with Gasteiger partial charge in [0.15, 0.2) is 5.82 Å². The van der Waals surface area contributed by atoms with Crippen LogP contribution in [-0.4, -0.2) is 76.9 Å². The SMILES string of the molecule is O=C(c1cnc(-c2cccc(C(F)(F)F)c2)[nH]1)N1CC[C@@H]2[C@H]1CCN2C1CCC(O)(c2ccc(-c3ncccn3)cn2)CC1. The highest BCUT2D eigenvalue weighted by atomic mass is 19.4. The third-order valence-corrected chi connectivity index (χ3v) is 9.47. The molecule has 44 heavy (non-hydrogen) atoms. The number of amides is 1. The topological polar surface area (TPSA) is 111 Å². The van der Waals surface area contributed by atoms with Gasteiger partial charge in [-0.25, -0.2) is 15.0 Å². The van der Waals surface area contributed by atoms with Gasteiger partial charge in [0.2, 0.25) is 0 Å². The molecule has 0 bridgehead atoms. The van der Waals surface area contributed by atoms with Crippen LogP contribution in [0.25, 0.3) is 22.8 Å². The number of H-pyrrole nitrogens is 1. The van der Waals surface area contributed by atoms with Crippen molar-refractivity contribution in [3.8, 4) is 22.8 Å². The molecule has 0 radical (unpaired) electrons. The first kappa shape index (κ1) is 28.6. The van der Waals surface area contributed by atoms with Crippen molar-refractivity contribution in [1.82, 2.24) is 34.7 Å². The number of aromatic nitrogens is 5. The Morgan fingerprint density at radius 1 is 0.886 bits per heavy atom. The summed E-state index contributed by atoms with van der Waals surface area (Å²) in [5.74, 6) is 0.646. The van der Waals surface area contributed by atoms with E-state index >= 15 is 0 Å². The lowest BCUT2D eigenvalue weighted by molar-refractivity contribution is -0.137. The molecule has 3 aliphatic rings. The van der Waals surface area contributed by atoms with Crippen LogP contribution in [0.2, 0.25) is 0 Å². The van der Waals surface area contributed by atoms with Crippen LogP contribution in [0.1, 0.15) is 60.3 Å². The number of aliphatic hydroxyl groups is 1. The number of nitrogens with zero attached hydrogens (tertiary/aromatic N) is 6. The third-order valence-electron chi connectivity index (χ3n) is 9.47. The van der Waals surface area contributed by atoms with Crippen LogP contribution >= 0.6 is 0 Å². The minimum atomic E-state index is -4.46. The van der Waals surface area contributed by atoms with Crippen molar-refractivity contribution in [2.45, 2.75) is 68.4 Å². The number of halogens is 3. The Kier molecular flexibility index (Phi) is 7.20. The van der Waals surface area contributed by atoms with E-state index in [1.54, 1.807) is 30.7 Å². The summed E-state index contributed by atoms with van der Waals surface area (Å²) in [6.07, 6.45) is 6.63. The second-order valence-electron chi connectivity index (χ2n) is 11.9. The minimum Gasteiger partial charge on any atom is -0.384 e. The average molecular weight is 604 g/mol. The minimum absolute atomic E-state index is 0.0676. The second kappa shape index (κ2) is 11.1. The number of imidazole rings is 1. The average Bonchev–Trinajstić information content (AvgIpc) is 3.79. The standard InChI is InChI=1S/C32H32F3N7O2/c33-32(34,35)22-4-1-3-20(17-22)29-39-19-24(40-29)30(43)42-16-10-25-26(42)9-15-41(25)23-7-11-31(44,12-8-23)27-6-5-21(18-38-27)28-36-13-2-14-37-28/h1-6,13-14,17-19,23,25-26,44H,7-12,15-16H2,(H,39,40)/t23?,25-,26-,31?/m1/s1. The van der Waals surface area contributed by atoms with Gasteiger partial charge in [-0.2, -0.15) is 13.2 Å². The highest BCUT2D eigenvalue weighted by Crippen LogP contribution is 2.42. The van der Waals surface area contributed by atoms with E-state index in [2.05, 4.69) is 29.8 Å². The Labute approximate surface area is 252 Å². The number of alkyl halides is 3. The third kappa shape index (κ3) is 5.26. The number of hydrogen-bond donors (Lipinski definition) is 2. The van der Waals surface area contributed by atoms with E-state index in [1.807, 2.05) is 17.0 Å². The van der Waals surface area contributed by atoms with Crippen molar-refractivity contribution >= 4 is 5.91 Å². The summed E-state index contributed by atoms with van der Waals surface area (Å²) in [5, 5.41) is 11.5. The fraction of sp³-hybridized carbons (Fsp3) is 0.406.